The van der Waals surface area contributed by atoms with Crippen LogP contribution in [-0.4, -0.2) is 21.5 Å². The standard InChI is InChI=1S/C21H24N4O/c1-14-6-11-18-23-15(2)19(25(18)13-14)20(26)24-22-12-16-7-9-17(10-8-16)21(3,4)5/h6-13H,1-5H3,(H,24,26)/b22-12-. The Morgan fingerprint density at radius 1 is 1.12 bits per heavy atom. The predicted octanol–water partition coefficient (Wildman–Crippen LogP) is 4.01. The number of imidazole rings is 1. The molecule has 26 heavy (non-hydrogen) atoms. The molecule has 0 spiro atoms. The molecule has 3 rings (SSSR count). The Morgan fingerprint density at radius 3 is 2.46 bits per heavy atom. The Bertz CT molecular complexity index is 976. The summed E-state index contributed by atoms with van der Waals surface area (Å²) in [6, 6.07) is 12.0. The monoisotopic (exact) mass is 348 g/mol. The summed E-state index contributed by atoms with van der Waals surface area (Å²) in [7, 11) is 0. The highest BCUT2D eigenvalue weighted by Gasteiger charge is 2.16. The smallest absolute Gasteiger partial charge is 0.290 e. The molecule has 2 aromatic heterocycles. The van der Waals surface area contributed by atoms with Crippen molar-refractivity contribution in [2.45, 2.75) is 40.0 Å². The molecule has 0 unspecified atom stereocenters. The van der Waals surface area contributed by atoms with Gasteiger partial charge in [0.25, 0.3) is 5.91 Å². The van der Waals surface area contributed by atoms with Crippen molar-refractivity contribution in [2.24, 2.45) is 5.10 Å². The highest BCUT2D eigenvalue weighted by Crippen LogP contribution is 2.21. The fourth-order valence-electron chi connectivity index (χ4n) is 2.83. The van der Waals surface area contributed by atoms with Crippen LogP contribution in [0, 0.1) is 13.8 Å². The second-order valence-corrected chi connectivity index (χ2v) is 7.55. The summed E-state index contributed by atoms with van der Waals surface area (Å²) in [6.07, 6.45) is 3.55. The largest absolute Gasteiger partial charge is 0.295 e. The lowest BCUT2D eigenvalue weighted by molar-refractivity contribution is 0.0948. The number of fused-ring (bicyclic) bond motifs is 1. The van der Waals surface area contributed by atoms with Crippen molar-refractivity contribution >= 4 is 17.8 Å². The van der Waals surface area contributed by atoms with Gasteiger partial charge in [-0.05, 0) is 42.0 Å². The average molecular weight is 348 g/mol. The number of carbonyl (C=O) groups excluding carboxylic acids is 1. The van der Waals surface area contributed by atoms with Gasteiger partial charge in [-0.3, -0.25) is 9.20 Å². The van der Waals surface area contributed by atoms with Crippen molar-refractivity contribution in [1.29, 1.82) is 0 Å². The van der Waals surface area contributed by atoms with E-state index in [0.717, 1.165) is 16.8 Å². The van der Waals surface area contributed by atoms with E-state index in [0.29, 0.717) is 11.4 Å². The van der Waals surface area contributed by atoms with Gasteiger partial charge in [-0.25, -0.2) is 10.4 Å². The topological polar surface area (TPSA) is 58.8 Å². The number of rotatable bonds is 3. The minimum Gasteiger partial charge on any atom is -0.295 e. The first-order valence-corrected chi connectivity index (χ1v) is 8.65. The maximum Gasteiger partial charge on any atom is 0.290 e. The SMILES string of the molecule is Cc1ccc2nc(C)c(C(=O)N/N=C\c3ccc(C(C)(C)C)cc3)n2c1. The third-order valence-electron chi connectivity index (χ3n) is 4.31. The zero-order valence-electron chi connectivity index (χ0n) is 15.9. The molecule has 0 radical (unpaired) electrons. The zero-order chi connectivity index (χ0) is 18.9. The number of pyridine rings is 1. The molecule has 0 aliphatic heterocycles. The Balaban J connectivity index is 1.76. The molecule has 134 valence electrons. The van der Waals surface area contributed by atoms with E-state index in [4.69, 9.17) is 0 Å². The van der Waals surface area contributed by atoms with E-state index >= 15 is 0 Å². The second kappa shape index (κ2) is 6.75. The number of aryl methyl sites for hydroxylation is 2. The minimum atomic E-state index is -0.275. The van der Waals surface area contributed by atoms with E-state index in [1.54, 1.807) is 10.6 Å². The molecule has 0 aliphatic rings. The molecular formula is C21H24N4O. The first-order valence-electron chi connectivity index (χ1n) is 8.65. The van der Waals surface area contributed by atoms with E-state index < -0.39 is 0 Å². The quantitative estimate of drug-likeness (QED) is 0.574. The van der Waals surface area contributed by atoms with Crippen molar-refractivity contribution in [2.75, 3.05) is 0 Å². The molecule has 5 nitrogen and oxygen atoms in total. The number of benzene rings is 1. The summed E-state index contributed by atoms with van der Waals surface area (Å²) < 4.78 is 1.80. The van der Waals surface area contributed by atoms with Crippen LogP contribution in [0.25, 0.3) is 5.65 Å². The molecule has 0 saturated carbocycles. The summed E-state index contributed by atoms with van der Waals surface area (Å²) in [5.74, 6) is -0.275. The molecule has 2 heterocycles. The van der Waals surface area contributed by atoms with Crippen molar-refractivity contribution in [3.8, 4) is 0 Å². The average Bonchev–Trinajstić information content (AvgIpc) is 2.89. The van der Waals surface area contributed by atoms with Gasteiger partial charge in [-0.2, -0.15) is 5.10 Å². The molecule has 0 saturated heterocycles. The number of amides is 1. The van der Waals surface area contributed by atoms with Crippen LogP contribution in [0.1, 0.15) is 53.6 Å². The van der Waals surface area contributed by atoms with Gasteiger partial charge in [-0.15, -0.1) is 0 Å². The van der Waals surface area contributed by atoms with Crippen LogP contribution < -0.4 is 5.43 Å². The molecule has 1 N–H and O–H groups in total. The highest BCUT2D eigenvalue weighted by molar-refractivity contribution is 5.95. The summed E-state index contributed by atoms with van der Waals surface area (Å²) in [4.78, 5) is 17.0. The van der Waals surface area contributed by atoms with Gasteiger partial charge in [0.2, 0.25) is 0 Å². The van der Waals surface area contributed by atoms with Gasteiger partial charge in [-0.1, -0.05) is 51.1 Å². The number of nitrogens with one attached hydrogen (secondary N) is 1. The molecule has 1 aromatic carbocycles. The summed E-state index contributed by atoms with van der Waals surface area (Å²) >= 11 is 0. The van der Waals surface area contributed by atoms with E-state index in [9.17, 15) is 4.79 Å². The van der Waals surface area contributed by atoms with E-state index in [1.165, 1.54) is 5.56 Å². The van der Waals surface area contributed by atoms with Gasteiger partial charge >= 0.3 is 0 Å². The lowest BCUT2D eigenvalue weighted by Gasteiger charge is -2.18. The maximum atomic E-state index is 12.5. The molecule has 0 atom stereocenters. The fourth-order valence-corrected chi connectivity index (χ4v) is 2.83. The molecule has 5 heteroatoms. The summed E-state index contributed by atoms with van der Waals surface area (Å²) in [6.45, 7) is 10.3. The van der Waals surface area contributed by atoms with E-state index in [1.807, 2.05) is 44.3 Å². The van der Waals surface area contributed by atoms with E-state index in [2.05, 4.69) is 48.4 Å². The molecular weight excluding hydrogens is 324 g/mol. The van der Waals surface area contributed by atoms with Crippen LogP contribution >= 0.6 is 0 Å². The summed E-state index contributed by atoms with van der Waals surface area (Å²) in [5.41, 5.74) is 7.90. The molecule has 0 bridgehead atoms. The Labute approximate surface area is 153 Å². The number of carbonyl (C=O) groups is 1. The third-order valence-corrected chi connectivity index (χ3v) is 4.31. The first kappa shape index (κ1) is 17.9. The van der Waals surface area contributed by atoms with Crippen molar-refractivity contribution in [3.05, 3.63) is 70.7 Å². The maximum absolute atomic E-state index is 12.5. The van der Waals surface area contributed by atoms with Crippen LogP contribution in [0.3, 0.4) is 0 Å². The number of hydrogen-bond acceptors (Lipinski definition) is 3. The van der Waals surface area contributed by atoms with Crippen LogP contribution in [0.15, 0.2) is 47.7 Å². The van der Waals surface area contributed by atoms with Gasteiger partial charge < -0.3 is 0 Å². The van der Waals surface area contributed by atoms with Crippen molar-refractivity contribution in [3.63, 3.8) is 0 Å². The molecule has 1 amide bonds. The molecule has 0 aliphatic carbocycles. The van der Waals surface area contributed by atoms with Crippen LogP contribution in [0.2, 0.25) is 0 Å². The predicted molar refractivity (Wildman–Crippen MR) is 105 cm³/mol. The van der Waals surface area contributed by atoms with Gasteiger partial charge in [0.05, 0.1) is 11.9 Å². The number of hydrazone groups is 1. The molecule has 0 fully saturated rings. The highest BCUT2D eigenvalue weighted by atomic mass is 16.2. The number of nitrogens with zero attached hydrogens (tertiary/aromatic N) is 3. The summed E-state index contributed by atoms with van der Waals surface area (Å²) in [5, 5.41) is 4.09. The van der Waals surface area contributed by atoms with Crippen molar-refractivity contribution < 1.29 is 4.79 Å². The fraction of sp³-hybridized carbons (Fsp3) is 0.286. The van der Waals surface area contributed by atoms with Crippen molar-refractivity contribution in [1.82, 2.24) is 14.8 Å². The third kappa shape index (κ3) is 3.67. The Kier molecular flexibility index (Phi) is 4.64. The van der Waals surface area contributed by atoms with Crippen LogP contribution in [0.4, 0.5) is 0 Å². The van der Waals surface area contributed by atoms with Crippen LogP contribution in [-0.2, 0) is 5.41 Å². The molecule has 3 aromatic rings. The van der Waals surface area contributed by atoms with Crippen LogP contribution in [0.5, 0.6) is 0 Å². The normalized spacial score (nSPS) is 12.0. The Hall–Kier alpha value is -2.95. The minimum absolute atomic E-state index is 0.114. The number of aromatic nitrogens is 2. The Morgan fingerprint density at radius 2 is 1.81 bits per heavy atom. The van der Waals surface area contributed by atoms with Gasteiger partial charge in [0.15, 0.2) is 0 Å². The lowest BCUT2D eigenvalue weighted by atomic mass is 9.87. The second-order valence-electron chi connectivity index (χ2n) is 7.55. The van der Waals surface area contributed by atoms with Gasteiger partial charge in [0, 0.05) is 6.20 Å². The number of hydrogen-bond donors (Lipinski definition) is 1. The lowest BCUT2D eigenvalue weighted by Crippen LogP contribution is -2.20. The first-order chi connectivity index (χ1) is 12.3. The van der Waals surface area contributed by atoms with E-state index in [-0.39, 0.29) is 11.3 Å². The van der Waals surface area contributed by atoms with Gasteiger partial charge in [0.1, 0.15) is 11.3 Å². The zero-order valence-corrected chi connectivity index (χ0v) is 15.9.